The van der Waals surface area contributed by atoms with Crippen LogP contribution >= 0.6 is 0 Å². The number of carbonyl (C=O) groups is 2. The largest absolute Gasteiger partial charge is 0.481 e. The van der Waals surface area contributed by atoms with Crippen LogP contribution in [0.4, 0.5) is 0 Å². The van der Waals surface area contributed by atoms with E-state index >= 15 is 0 Å². The fourth-order valence-electron chi connectivity index (χ4n) is 4.14. The van der Waals surface area contributed by atoms with Crippen LogP contribution in [-0.4, -0.2) is 33.0 Å². The van der Waals surface area contributed by atoms with Gasteiger partial charge in [-0.3, -0.25) is 14.6 Å². The molecule has 0 aliphatic carbocycles. The van der Waals surface area contributed by atoms with Gasteiger partial charge in [-0.2, -0.15) is 5.26 Å². The minimum absolute atomic E-state index is 0.0239. The van der Waals surface area contributed by atoms with Crippen molar-refractivity contribution in [3.05, 3.63) is 65.1 Å². The van der Waals surface area contributed by atoms with E-state index in [0.717, 1.165) is 35.0 Å². The molecule has 0 radical (unpaired) electrons. The molecule has 1 N–H and O–H groups in total. The summed E-state index contributed by atoms with van der Waals surface area (Å²) >= 11 is 0. The number of pyridine rings is 1. The van der Waals surface area contributed by atoms with Crippen molar-refractivity contribution in [3.8, 4) is 6.07 Å². The number of nitrogens with zero attached hydrogens (tertiary/aromatic N) is 3. The summed E-state index contributed by atoms with van der Waals surface area (Å²) in [6.45, 7) is 2.84. The van der Waals surface area contributed by atoms with Gasteiger partial charge in [-0.1, -0.05) is 19.1 Å². The van der Waals surface area contributed by atoms with Crippen molar-refractivity contribution in [2.24, 2.45) is 13.0 Å². The SMILES string of the molecule is C[C@@H](CC(=O)O)CC(=O)c1c(CCCCOCc2cccc(C#N)c2)n(C)c2cnccc12. The summed E-state index contributed by atoms with van der Waals surface area (Å²) < 4.78 is 7.78. The molecule has 3 aromatic rings. The van der Waals surface area contributed by atoms with Gasteiger partial charge in [-0.25, -0.2) is 0 Å². The van der Waals surface area contributed by atoms with Crippen molar-refractivity contribution >= 4 is 22.7 Å². The standard InChI is InChI=1S/C26H29N3O4/c1-18(13-25(31)32)12-24(30)26-21-9-10-28-16-23(21)29(2)22(26)8-3-4-11-33-17-20-7-5-6-19(14-20)15-27/h5-7,9-10,14,16,18H,3-4,8,11-13,17H2,1-2H3,(H,31,32)/t18-/m1/s1. The molecule has 33 heavy (non-hydrogen) atoms. The second kappa shape index (κ2) is 11.4. The van der Waals surface area contributed by atoms with Crippen LogP contribution in [0.5, 0.6) is 0 Å². The minimum atomic E-state index is -0.892. The summed E-state index contributed by atoms with van der Waals surface area (Å²) in [6.07, 6.45) is 6.01. The molecule has 172 valence electrons. The first-order chi connectivity index (χ1) is 15.9. The molecule has 2 heterocycles. The van der Waals surface area contributed by atoms with Crippen LogP contribution in [-0.2, 0) is 29.6 Å². The molecule has 7 nitrogen and oxygen atoms in total. The van der Waals surface area contributed by atoms with E-state index in [1.165, 1.54) is 0 Å². The number of benzene rings is 1. The molecule has 0 saturated heterocycles. The van der Waals surface area contributed by atoms with Gasteiger partial charge < -0.3 is 14.4 Å². The van der Waals surface area contributed by atoms with Crippen LogP contribution in [0.3, 0.4) is 0 Å². The van der Waals surface area contributed by atoms with Gasteiger partial charge in [0.1, 0.15) is 0 Å². The summed E-state index contributed by atoms with van der Waals surface area (Å²) in [6, 6.07) is 11.4. The molecular formula is C26H29N3O4. The number of aliphatic carboxylic acids is 1. The number of unbranched alkanes of at least 4 members (excludes halogenated alkanes) is 1. The fourth-order valence-corrected chi connectivity index (χ4v) is 4.14. The molecule has 1 aromatic carbocycles. The number of nitriles is 1. The second-order valence-corrected chi connectivity index (χ2v) is 8.43. The number of ether oxygens (including phenoxy) is 1. The molecule has 0 aliphatic heterocycles. The first-order valence-electron chi connectivity index (χ1n) is 11.1. The normalized spacial score (nSPS) is 11.9. The van der Waals surface area contributed by atoms with E-state index < -0.39 is 5.97 Å². The molecule has 0 fully saturated rings. The number of carboxylic acid groups (broad SMARTS) is 1. The number of rotatable bonds is 12. The third kappa shape index (κ3) is 6.27. The Morgan fingerprint density at radius 3 is 2.82 bits per heavy atom. The summed E-state index contributed by atoms with van der Waals surface area (Å²) in [5.41, 5.74) is 4.12. The van der Waals surface area contributed by atoms with Crippen molar-refractivity contribution in [1.82, 2.24) is 9.55 Å². The fraction of sp³-hybridized carbons (Fsp3) is 0.385. The lowest BCUT2D eigenvalue weighted by molar-refractivity contribution is -0.137. The third-order valence-corrected chi connectivity index (χ3v) is 5.74. The van der Waals surface area contributed by atoms with Gasteiger partial charge in [-0.05, 0) is 48.9 Å². The summed E-state index contributed by atoms with van der Waals surface area (Å²) in [5, 5.41) is 18.9. The number of hydrogen-bond donors (Lipinski definition) is 1. The highest BCUT2D eigenvalue weighted by atomic mass is 16.5. The van der Waals surface area contributed by atoms with Crippen molar-refractivity contribution in [2.75, 3.05) is 6.61 Å². The molecular weight excluding hydrogens is 418 g/mol. The lowest BCUT2D eigenvalue weighted by Gasteiger charge is -2.11. The molecule has 3 rings (SSSR count). The maximum absolute atomic E-state index is 13.2. The number of Topliss-reactive ketones (excluding diaryl/α,β-unsaturated/α-hetero) is 1. The zero-order valence-corrected chi connectivity index (χ0v) is 19.1. The number of carbonyl (C=O) groups excluding carboxylic acids is 1. The number of hydrogen-bond acceptors (Lipinski definition) is 5. The van der Waals surface area contributed by atoms with Crippen LogP contribution in [0, 0.1) is 17.2 Å². The van der Waals surface area contributed by atoms with E-state index in [4.69, 9.17) is 15.1 Å². The first-order valence-corrected chi connectivity index (χ1v) is 11.1. The Hall–Kier alpha value is -3.50. The Morgan fingerprint density at radius 2 is 2.06 bits per heavy atom. The van der Waals surface area contributed by atoms with Gasteiger partial charge >= 0.3 is 5.97 Å². The Morgan fingerprint density at radius 1 is 1.24 bits per heavy atom. The lowest BCUT2D eigenvalue weighted by Crippen LogP contribution is -2.12. The Bertz CT molecular complexity index is 1180. The van der Waals surface area contributed by atoms with Gasteiger partial charge in [0.25, 0.3) is 0 Å². The monoisotopic (exact) mass is 447 g/mol. The smallest absolute Gasteiger partial charge is 0.303 e. The van der Waals surface area contributed by atoms with Crippen molar-refractivity contribution in [1.29, 1.82) is 5.26 Å². The highest BCUT2D eigenvalue weighted by Crippen LogP contribution is 2.28. The Balaban J connectivity index is 1.63. The molecule has 0 bridgehead atoms. The number of aryl methyl sites for hydroxylation is 1. The Labute approximate surface area is 193 Å². The summed E-state index contributed by atoms with van der Waals surface area (Å²) in [5.74, 6) is -1.14. The first kappa shape index (κ1) is 24.1. The predicted molar refractivity (Wildman–Crippen MR) is 125 cm³/mol. The van der Waals surface area contributed by atoms with E-state index in [2.05, 4.69) is 11.1 Å². The van der Waals surface area contributed by atoms with Crippen LogP contribution in [0.25, 0.3) is 10.9 Å². The van der Waals surface area contributed by atoms with Crippen molar-refractivity contribution in [2.45, 2.75) is 45.6 Å². The van der Waals surface area contributed by atoms with Crippen LogP contribution in [0.1, 0.15) is 59.8 Å². The zero-order valence-electron chi connectivity index (χ0n) is 19.1. The predicted octanol–water partition coefficient (Wildman–Crippen LogP) is 4.67. The Kier molecular flexibility index (Phi) is 8.34. The number of aromatic nitrogens is 2. The van der Waals surface area contributed by atoms with Gasteiger partial charge in [0.2, 0.25) is 0 Å². The number of fused-ring (bicyclic) bond motifs is 1. The molecule has 0 spiro atoms. The molecule has 0 aliphatic rings. The molecule has 1 atom stereocenters. The quantitative estimate of drug-likeness (QED) is 0.320. The van der Waals surface area contributed by atoms with Gasteiger partial charge in [-0.15, -0.1) is 0 Å². The van der Waals surface area contributed by atoms with E-state index in [0.29, 0.717) is 30.8 Å². The second-order valence-electron chi connectivity index (χ2n) is 8.43. The van der Waals surface area contributed by atoms with Crippen molar-refractivity contribution in [3.63, 3.8) is 0 Å². The third-order valence-electron chi connectivity index (χ3n) is 5.74. The molecule has 7 heteroatoms. The summed E-state index contributed by atoms with van der Waals surface area (Å²) in [4.78, 5) is 28.4. The zero-order chi connectivity index (χ0) is 23.8. The van der Waals surface area contributed by atoms with Crippen molar-refractivity contribution < 1.29 is 19.4 Å². The van der Waals surface area contributed by atoms with Crippen LogP contribution in [0.15, 0.2) is 42.7 Å². The van der Waals surface area contributed by atoms with E-state index in [1.54, 1.807) is 25.4 Å². The molecule has 0 amide bonds. The number of ketones is 1. The van der Waals surface area contributed by atoms with E-state index in [1.807, 2.05) is 35.9 Å². The van der Waals surface area contributed by atoms with Crippen LogP contribution < -0.4 is 0 Å². The maximum atomic E-state index is 13.2. The lowest BCUT2D eigenvalue weighted by atomic mass is 9.94. The summed E-state index contributed by atoms with van der Waals surface area (Å²) in [7, 11) is 1.94. The highest BCUT2D eigenvalue weighted by molar-refractivity contribution is 6.09. The van der Waals surface area contributed by atoms with E-state index in [-0.39, 0.29) is 24.5 Å². The van der Waals surface area contributed by atoms with Gasteiger partial charge in [0, 0.05) is 49.3 Å². The van der Waals surface area contributed by atoms with Gasteiger partial charge in [0.15, 0.2) is 5.78 Å². The minimum Gasteiger partial charge on any atom is -0.481 e. The number of carboxylic acids is 1. The molecule has 2 aromatic heterocycles. The van der Waals surface area contributed by atoms with E-state index in [9.17, 15) is 9.59 Å². The van der Waals surface area contributed by atoms with Crippen LogP contribution in [0.2, 0.25) is 0 Å². The maximum Gasteiger partial charge on any atom is 0.303 e. The average molecular weight is 448 g/mol. The average Bonchev–Trinajstić information content (AvgIpc) is 3.07. The molecule has 0 saturated carbocycles. The molecule has 0 unspecified atom stereocenters. The highest BCUT2D eigenvalue weighted by Gasteiger charge is 2.23. The topological polar surface area (TPSA) is 105 Å². The van der Waals surface area contributed by atoms with Gasteiger partial charge in [0.05, 0.1) is 30.0 Å².